The molecule has 2 amide bonds. The smallest absolute Gasteiger partial charge is 0.246 e. The summed E-state index contributed by atoms with van der Waals surface area (Å²) >= 11 is 0. The quantitative estimate of drug-likeness (QED) is 0.610. The number of nitrogens with two attached hydrogens (primary N) is 1. The largest absolute Gasteiger partial charge is 0.382 e. The van der Waals surface area contributed by atoms with Crippen LogP contribution in [-0.2, 0) is 25.5 Å². The van der Waals surface area contributed by atoms with E-state index in [0.717, 1.165) is 5.56 Å². The molecular weight excluding hydrogens is 286 g/mol. The molecule has 0 aliphatic carbocycles. The summed E-state index contributed by atoms with van der Waals surface area (Å²) in [5.41, 5.74) is 6.52. The molecule has 0 radical (unpaired) electrons. The first-order chi connectivity index (χ1) is 10.6. The van der Waals surface area contributed by atoms with Crippen molar-refractivity contribution >= 4 is 11.8 Å². The summed E-state index contributed by atoms with van der Waals surface area (Å²) in [6, 6.07) is 7.94. The molecule has 3 N–H and O–H groups in total. The SMILES string of the molecule is COCCOCC(=O)N[C@@H](Cc1cccc(C#N)c1)C(N)=O. The molecule has 0 aliphatic heterocycles. The van der Waals surface area contributed by atoms with Crippen molar-refractivity contribution < 1.29 is 19.1 Å². The number of carbonyl (C=O) groups excluding carboxylic acids is 2. The molecule has 1 rings (SSSR count). The summed E-state index contributed by atoms with van der Waals surface area (Å²) in [6.07, 6.45) is 0.217. The Balaban J connectivity index is 2.56. The number of amides is 2. The van der Waals surface area contributed by atoms with Crippen molar-refractivity contribution in [3.05, 3.63) is 35.4 Å². The van der Waals surface area contributed by atoms with Gasteiger partial charge in [0.1, 0.15) is 12.6 Å². The molecule has 1 atom stereocenters. The fourth-order valence-electron chi connectivity index (χ4n) is 1.77. The van der Waals surface area contributed by atoms with Crippen LogP contribution in [0.3, 0.4) is 0 Å². The minimum absolute atomic E-state index is 0.175. The summed E-state index contributed by atoms with van der Waals surface area (Å²) in [5, 5.41) is 11.4. The van der Waals surface area contributed by atoms with E-state index in [1.54, 1.807) is 24.3 Å². The monoisotopic (exact) mass is 305 g/mol. The molecule has 0 saturated carbocycles. The number of nitriles is 1. The summed E-state index contributed by atoms with van der Waals surface area (Å²) < 4.78 is 9.86. The van der Waals surface area contributed by atoms with E-state index in [-0.39, 0.29) is 19.6 Å². The van der Waals surface area contributed by atoms with Gasteiger partial charge in [-0.3, -0.25) is 9.59 Å². The van der Waals surface area contributed by atoms with E-state index in [2.05, 4.69) is 5.32 Å². The lowest BCUT2D eigenvalue weighted by atomic mass is 10.0. The van der Waals surface area contributed by atoms with Gasteiger partial charge in [0, 0.05) is 13.5 Å². The molecule has 0 aromatic heterocycles. The summed E-state index contributed by atoms with van der Waals surface area (Å²) in [4.78, 5) is 23.1. The number of hydrogen-bond acceptors (Lipinski definition) is 5. The Hall–Kier alpha value is -2.43. The van der Waals surface area contributed by atoms with Crippen molar-refractivity contribution in [3.8, 4) is 6.07 Å². The van der Waals surface area contributed by atoms with Crippen LogP contribution < -0.4 is 11.1 Å². The average Bonchev–Trinajstić information content (AvgIpc) is 2.51. The Kier molecular flexibility index (Phi) is 7.61. The van der Waals surface area contributed by atoms with Gasteiger partial charge in [-0.15, -0.1) is 0 Å². The van der Waals surface area contributed by atoms with Crippen LogP contribution in [0.4, 0.5) is 0 Å². The minimum Gasteiger partial charge on any atom is -0.382 e. The van der Waals surface area contributed by atoms with E-state index < -0.39 is 17.9 Å². The molecule has 118 valence electrons. The van der Waals surface area contributed by atoms with Gasteiger partial charge in [-0.25, -0.2) is 0 Å². The third-order valence-corrected chi connectivity index (χ3v) is 2.84. The lowest BCUT2D eigenvalue weighted by molar-refractivity contribution is -0.130. The van der Waals surface area contributed by atoms with Gasteiger partial charge in [-0.05, 0) is 17.7 Å². The van der Waals surface area contributed by atoms with Crippen molar-refractivity contribution in [2.75, 3.05) is 26.9 Å². The molecule has 1 aromatic rings. The lowest BCUT2D eigenvalue weighted by Crippen LogP contribution is -2.47. The van der Waals surface area contributed by atoms with Crippen LogP contribution in [0, 0.1) is 11.3 Å². The Morgan fingerprint density at radius 2 is 2.18 bits per heavy atom. The molecule has 7 heteroatoms. The Morgan fingerprint density at radius 1 is 1.41 bits per heavy atom. The molecule has 0 unspecified atom stereocenters. The molecule has 1 aromatic carbocycles. The number of nitrogens with zero attached hydrogens (tertiary/aromatic N) is 1. The molecule has 0 saturated heterocycles. The number of carbonyl (C=O) groups is 2. The second kappa shape index (κ2) is 9.50. The molecule has 22 heavy (non-hydrogen) atoms. The molecule has 0 heterocycles. The van der Waals surface area contributed by atoms with Gasteiger partial charge in [-0.1, -0.05) is 12.1 Å². The fraction of sp³-hybridized carbons (Fsp3) is 0.400. The van der Waals surface area contributed by atoms with Crippen LogP contribution in [0.25, 0.3) is 0 Å². The molecule has 0 bridgehead atoms. The number of hydrogen-bond donors (Lipinski definition) is 2. The van der Waals surface area contributed by atoms with Crippen molar-refractivity contribution in [3.63, 3.8) is 0 Å². The number of methoxy groups -OCH3 is 1. The Bertz CT molecular complexity index is 554. The maximum atomic E-state index is 11.7. The first kappa shape index (κ1) is 17.6. The maximum absolute atomic E-state index is 11.7. The average molecular weight is 305 g/mol. The van der Waals surface area contributed by atoms with E-state index >= 15 is 0 Å². The van der Waals surface area contributed by atoms with Gasteiger partial charge in [0.15, 0.2) is 0 Å². The Labute approximate surface area is 129 Å². The normalized spacial score (nSPS) is 11.5. The highest BCUT2D eigenvalue weighted by Gasteiger charge is 2.18. The van der Waals surface area contributed by atoms with Crippen molar-refractivity contribution in [1.82, 2.24) is 5.32 Å². The minimum atomic E-state index is -0.854. The molecular formula is C15H19N3O4. The van der Waals surface area contributed by atoms with Crippen molar-refractivity contribution in [2.45, 2.75) is 12.5 Å². The van der Waals surface area contributed by atoms with E-state index in [0.29, 0.717) is 12.2 Å². The van der Waals surface area contributed by atoms with Gasteiger partial charge in [-0.2, -0.15) is 5.26 Å². The van der Waals surface area contributed by atoms with Gasteiger partial charge in [0.05, 0.1) is 24.8 Å². The number of benzene rings is 1. The van der Waals surface area contributed by atoms with Gasteiger partial charge < -0.3 is 20.5 Å². The highest BCUT2D eigenvalue weighted by Crippen LogP contribution is 2.07. The highest BCUT2D eigenvalue weighted by molar-refractivity contribution is 5.87. The van der Waals surface area contributed by atoms with Crippen LogP contribution in [0.5, 0.6) is 0 Å². The van der Waals surface area contributed by atoms with Crippen LogP contribution in [-0.4, -0.2) is 44.8 Å². The second-order valence-electron chi connectivity index (χ2n) is 4.58. The number of nitrogens with one attached hydrogen (secondary N) is 1. The second-order valence-corrected chi connectivity index (χ2v) is 4.58. The fourth-order valence-corrected chi connectivity index (χ4v) is 1.77. The number of ether oxygens (including phenoxy) is 2. The van der Waals surface area contributed by atoms with Gasteiger partial charge in [0.2, 0.25) is 11.8 Å². The summed E-state index contributed by atoms with van der Waals surface area (Å²) in [7, 11) is 1.53. The van der Waals surface area contributed by atoms with Crippen molar-refractivity contribution in [1.29, 1.82) is 5.26 Å². The third kappa shape index (κ3) is 6.35. The van der Waals surface area contributed by atoms with Gasteiger partial charge >= 0.3 is 0 Å². The molecule has 7 nitrogen and oxygen atoms in total. The Morgan fingerprint density at radius 3 is 2.82 bits per heavy atom. The predicted molar refractivity (Wildman–Crippen MR) is 78.7 cm³/mol. The molecule has 0 fully saturated rings. The van der Waals surface area contributed by atoms with Crippen molar-refractivity contribution in [2.24, 2.45) is 5.73 Å². The van der Waals surface area contributed by atoms with E-state index in [4.69, 9.17) is 20.5 Å². The number of rotatable bonds is 9. The topological polar surface area (TPSA) is 114 Å². The third-order valence-electron chi connectivity index (χ3n) is 2.84. The summed E-state index contributed by atoms with van der Waals surface area (Å²) in [5.74, 6) is -1.08. The highest BCUT2D eigenvalue weighted by atomic mass is 16.5. The van der Waals surface area contributed by atoms with E-state index in [1.807, 2.05) is 6.07 Å². The lowest BCUT2D eigenvalue weighted by Gasteiger charge is -2.15. The van der Waals surface area contributed by atoms with Crippen LogP contribution in [0.2, 0.25) is 0 Å². The molecule has 0 aliphatic rings. The molecule has 0 spiro atoms. The zero-order valence-corrected chi connectivity index (χ0v) is 12.4. The number of primary amides is 1. The van der Waals surface area contributed by atoms with Gasteiger partial charge in [0.25, 0.3) is 0 Å². The maximum Gasteiger partial charge on any atom is 0.246 e. The zero-order valence-electron chi connectivity index (χ0n) is 12.4. The predicted octanol–water partition coefficient (Wildman–Crippen LogP) is -0.266. The summed E-state index contributed by atoms with van der Waals surface area (Å²) in [6.45, 7) is 0.494. The first-order valence-corrected chi connectivity index (χ1v) is 6.71. The van der Waals surface area contributed by atoms with Crippen LogP contribution >= 0.6 is 0 Å². The van der Waals surface area contributed by atoms with E-state index in [1.165, 1.54) is 7.11 Å². The zero-order chi connectivity index (χ0) is 16.4. The van der Waals surface area contributed by atoms with Crippen LogP contribution in [0.1, 0.15) is 11.1 Å². The standard InChI is InChI=1S/C15H19N3O4/c1-21-5-6-22-10-14(19)18-13(15(17)20)8-11-3-2-4-12(7-11)9-16/h2-4,7,13H,5-6,8,10H2,1H3,(H2,17,20)(H,18,19)/t13-/m0/s1. The van der Waals surface area contributed by atoms with Crippen LogP contribution in [0.15, 0.2) is 24.3 Å². The van der Waals surface area contributed by atoms with E-state index in [9.17, 15) is 9.59 Å². The first-order valence-electron chi connectivity index (χ1n) is 6.71.